The Morgan fingerprint density at radius 1 is 1.03 bits per heavy atom. The van der Waals surface area contributed by atoms with Gasteiger partial charge in [0.1, 0.15) is 5.69 Å². The number of para-hydroxylation sites is 1. The summed E-state index contributed by atoms with van der Waals surface area (Å²) in [6.45, 7) is 0. The highest BCUT2D eigenvalue weighted by Gasteiger charge is 2.52. The second kappa shape index (κ2) is 8.41. The molecule has 4 aliphatic carbocycles. The number of hydrogen-bond donors (Lipinski definition) is 4. The number of rotatable bonds is 6. The molecule has 1 aromatic heterocycles. The zero-order valence-electron chi connectivity index (χ0n) is 18.7. The van der Waals surface area contributed by atoms with Gasteiger partial charge < -0.3 is 11.5 Å². The molecular formula is C25H31N5O3. The number of primary amides is 1. The third-order valence-corrected chi connectivity index (χ3v) is 7.90. The molecule has 174 valence electrons. The lowest BCUT2D eigenvalue weighted by atomic mass is 9.48. The molecule has 0 unspecified atom stereocenters. The van der Waals surface area contributed by atoms with Crippen LogP contribution in [0.2, 0.25) is 0 Å². The molecule has 1 aromatic carbocycles. The first-order valence-electron chi connectivity index (χ1n) is 11.9. The van der Waals surface area contributed by atoms with Crippen LogP contribution in [0.4, 0.5) is 0 Å². The number of pyridine rings is 1. The van der Waals surface area contributed by atoms with Crippen molar-refractivity contribution in [2.75, 3.05) is 0 Å². The van der Waals surface area contributed by atoms with Gasteiger partial charge in [-0.2, -0.15) is 0 Å². The molecule has 1 atom stereocenters. The van der Waals surface area contributed by atoms with Crippen molar-refractivity contribution in [2.24, 2.45) is 29.2 Å². The summed E-state index contributed by atoms with van der Waals surface area (Å²) >= 11 is 0. The van der Waals surface area contributed by atoms with Gasteiger partial charge in [0.2, 0.25) is 5.91 Å². The van der Waals surface area contributed by atoms with Crippen molar-refractivity contribution in [3.8, 4) is 0 Å². The molecule has 4 saturated carbocycles. The SMILES string of the molecule is NC(=O)CC[C@@H](N)C(=O)NNC(=O)c1cc(C23CC4CC(CC(C4)C2)C3)c2ccccc2n1. The maximum atomic E-state index is 13.0. The quantitative estimate of drug-likeness (QED) is 0.500. The minimum absolute atomic E-state index is 0.00316. The van der Waals surface area contributed by atoms with Gasteiger partial charge in [-0.1, -0.05) is 18.2 Å². The van der Waals surface area contributed by atoms with E-state index >= 15 is 0 Å². The highest BCUT2D eigenvalue weighted by Crippen LogP contribution is 2.61. The summed E-state index contributed by atoms with van der Waals surface area (Å²) in [5, 5.41) is 1.12. The van der Waals surface area contributed by atoms with E-state index in [9.17, 15) is 14.4 Å². The molecule has 1 heterocycles. The Hall–Kier alpha value is -3.00. The number of hydrogen-bond acceptors (Lipinski definition) is 5. The fourth-order valence-corrected chi connectivity index (χ4v) is 6.87. The Kier molecular flexibility index (Phi) is 5.56. The predicted molar refractivity (Wildman–Crippen MR) is 124 cm³/mol. The molecule has 4 bridgehead atoms. The van der Waals surface area contributed by atoms with Gasteiger partial charge in [-0.05, 0) is 85.8 Å². The van der Waals surface area contributed by atoms with E-state index in [1.54, 1.807) is 0 Å². The van der Waals surface area contributed by atoms with Crippen molar-refractivity contribution in [1.29, 1.82) is 0 Å². The standard InChI is InChI=1S/C25H31N5O3/c26-19(5-6-22(27)31)23(32)29-30-24(33)21-10-18(17-3-1-2-4-20(17)28-21)25-11-14-7-15(12-25)9-16(8-14)13-25/h1-4,10,14-16,19H,5-9,11-13,26H2,(H2,27,31)(H,29,32)(H,30,33)/t14?,15?,16?,19-,25?/m1/s1. The molecule has 0 aliphatic heterocycles. The molecule has 3 amide bonds. The molecular weight excluding hydrogens is 418 g/mol. The molecule has 8 heteroatoms. The van der Waals surface area contributed by atoms with Gasteiger partial charge in [0.25, 0.3) is 11.8 Å². The van der Waals surface area contributed by atoms with Crippen LogP contribution in [0.5, 0.6) is 0 Å². The number of amides is 3. The summed E-state index contributed by atoms with van der Waals surface area (Å²) < 4.78 is 0. The Labute approximate surface area is 192 Å². The number of nitrogens with one attached hydrogen (secondary N) is 2. The van der Waals surface area contributed by atoms with Crippen molar-refractivity contribution in [2.45, 2.75) is 62.8 Å². The largest absolute Gasteiger partial charge is 0.370 e. The minimum Gasteiger partial charge on any atom is -0.370 e. The number of benzene rings is 1. The van der Waals surface area contributed by atoms with Crippen molar-refractivity contribution >= 4 is 28.6 Å². The van der Waals surface area contributed by atoms with Gasteiger partial charge >= 0.3 is 0 Å². The number of nitrogens with zero attached hydrogens (tertiary/aromatic N) is 1. The highest BCUT2D eigenvalue weighted by molar-refractivity contribution is 5.97. The van der Waals surface area contributed by atoms with Gasteiger partial charge in [-0.15, -0.1) is 0 Å². The Morgan fingerprint density at radius 3 is 2.30 bits per heavy atom. The summed E-state index contributed by atoms with van der Waals surface area (Å²) in [4.78, 5) is 40.6. The summed E-state index contributed by atoms with van der Waals surface area (Å²) in [7, 11) is 0. The number of fused-ring (bicyclic) bond motifs is 1. The van der Waals surface area contributed by atoms with E-state index in [0.717, 1.165) is 28.7 Å². The van der Waals surface area contributed by atoms with E-state index in [4.69, 9.17) is 11.5 Å². The van der Waals surface area contributed by atoms with Crippen LogP contribution < -0.4 is 22.3 Å². The van der Waals surface area contributed by atoms with Crippen LogP contribution in [0.3, 0.4) is 0 Å². The second-order valence-corrected chi connectivity index (χ2v) is 10.3. The monoisotopic (exact) mass is 449 g/mol. The first-order chi connectivity index (χ1) is 15.8. The first kappa shape index (κ1) is 21.8. The molecule has 0 saturated heterocycles. The number of carbonyl (C=O) groups excluding carboxylic acids is 3. The Balaban J connectivity index is 1.39. The van der Waals surface area contributed by atoms with Crippen molar-refractivity contribution in [1.82, 2.24) is 15.8 Å². The maximum Gasteiger partial charge on any atom is 0.288 e. The number of carbonyl (C=O) groups is 3. The maximum absolute atomic E-state index is 13.0. The van der Waals surface area contributed by atoms with Crippen LogP contribution in [-0.2, 0) is 15.0 Å². The second-order valence-electron chi connectivity index (χ2n) is 10.3. The van der Waals surface area contributed by atoms with E-state index in [0.29, 0.717) is 0 Å². The molecule has 33 heavy (non-hydrogen) atoms. The van der Waals surface area contributed by atoms with E-state index in [2.05, 4.69) is 21.9 Å². The van der Waals surface area contributed by atoms with E-state index in [-0.39, 0.29) is 24.0 Å². The molecule has 2 aromatic rings. The molecule has 6 rings (SSSR count). The third kappa shape index (κ3) is 4.19. The van der Waals surface area contributed by atoms with Crippen molar-refractivity contribution in [3.63, 3.8) is 0 Å². The van der Waals surface area contributed by atoms with Crippen LogP contribution in [0, 0.1) is 17.8 Å². The minimum atomic E-state index is -0.940. The van der Waals surface area contributed by atoms with Crippen LogP contribution in [0.1, 0.15) is 67.4 Å². The van der Waals surface area contributed by atoms with Crippen molar-refractivity contribution in [3.05, 3.63) is 41.6 Å². The summed E-state index contributed by atoms with van der Waals surface area (Å²) in [5.41, 5.74) is 18.1. The number of aromatic nitrogens is 1. The number of hydrazine groups is 1. The first-order valence-corrected chi connectivity index (χ1v) is 11.9. The van der Waals surface area contributed by atoms with Gasteiger partial charge in [-0.3, -0.25) is 25.2 Å². The zero-order chi connectivity index (χ0) is 23.2. The molecule has 0 radical (unpaired) electrons. The molecule has 4 fully saturated rings. The fraction of sp³-hybridized carbons (Fsp3) is 0.520. The van der Waals surface area contributed by atoms with Crippen LogP contribution in [0.15, 0.2) is 30.3 Å². The lowest BCUT2D eigenvalue weighted by molar-refractivity contribution is -0.123. The molecule has 4 aliphatic rings. The number of nitrogens with two attached hydrogens (primary N) is 2. The molecule has 8 nitrogen and oxygen atoms in total. The zero-order valence-corrected chi connectivity index (χ0v) is 18.7. The summed E-state index contributed by atoms with van der Waals surface area (Å²) in [6.07, 6.45) is 7.69. The Morgan fingerprint density at radius 2 is 1.67 bits per heavy atom. The topological polar surface area (TPSA) is 140 Å². The fourth-order valence-electron chi connectivity index (χ4n) is 6.87. The van der Waals surface area contributed by atoms with Crippen LogP contribution in [-0.4, -0.2) is 28.7 Å². The highest BCUT2D eigenvalue weighted by atomic mass is 16.2. The van der Waals surface area contributed by atoms with E-state index < -0.39 is 23.8 Å². The van der Waals surface area contributed by atoms with Gasteiger partial charge in [0.15, 0.2) is 0 Å². The normalized spacial score (nSPS) is 28.5. The Bertz CT molecular complexity index is 1080. The average molecular weight is 450 g/mol. The van der Waals surface area contributed by atoms with Gasteiger partial charge in [0.05, 0.1) is 11.6 Å². The average Bonchev–Trinajstić information content (AvgIpc) is 2.79. The third-order valence-electron chi connectivity index (χ3n) is 7.90. The van der Waals surface area contributed by atoms with Crippen molar-refractivity contribution < 1.29 is 14.4 Å². The van der Waals surface area contributed by atoms with E-state index in [1.165, 1.54) is 44.1 Å². The smallest absolute Gasteiger partial charge is 0.288 e. The summed E-state index contributed by atoms with van der Waals surface area (Å²) in [5.74, 6) is 0.749. The van der Waals surface area contributed by atoms with Crippen LogP contribution >= 0.6 is 0 Å². The summed E-state index contributed by atoms with van der Waals surface area (Å²) in [6, 6.07) is 9.00. The van der Waals surface area contributed by atoms with Crippen LogP contribution in [0.25, 0.3) is 10.9 Å². The lowest BCUT2D eigenvalue weighted by Gasteiger charge is -2.57. The molecule has 6 N–H and O–H groups in total. The van der Waals surface area contributed by atoms with E-state index in [1.807, 2.05) is 24.3 Å². The lowest BCUT2D eigenvalue weighted by Crippen LogP contribution is -2.50. The molecule has 0 spiro atoms. The van der Waals surface area contributed by atoms with Gasteiger partial charge in [0, 0.05) is 11.8 Å². The predicted octanol–water partition coefficient (Wildman–Crippen LogP) is 2.06. The van der Waals surface area contributed by atoms with Gasteiger partial charge in [-0.25, -0.2) is 4.98 Å².